The van der Waals surface area contributed by atoms with E-state index in [-0.39, 0.29) is 5.69 Å². The Labute approximate surface area is 69.4 Å². The van der Waals surface area contributed by atoms with Gasteiger partial charge in [-0.25, -0.2) is 0 Å². The van der Waals surface area contributed by atoms with Crippen molar-refractivity contribution in [1.29, 1.82) is 0 Å². The predicted molar refractivity (Wildman–Crippen MR) is 44.8 cm³/mol. The fourth-order valence-corrected chi connectivity index (χ4v) is 1.00. The highest BCUT2D eigenvalue weighted by molar-refractivity contribution is 5.57. The van der Waals surface area contributed by atoms with Gasteiger partial charge in [0.15, 0.2) is 0 Å². The van der Waals surface area contributed by atoms with E-state index in [1.54, 1.807) is 13.8 Å². The summed E-state index contributed by atoms with van der Waals surface area (Å²) in [5, 5.41) is 10.5. The van der Waals surface area contributed by atoms with E-state index in [4.69, 9.17) is 5.73 Å². The lowest BCUT2D eigenvalue weighted by molar-refractivity contribution is -0.386. The van der Waals surface area contributed by atoms with Crippen molar-refractivity contribution in [3.05, 3.63) is 27.6 Å². The molecular weight excluding hydrogens is 158 g/mol. The van der Waals surface area contributed by atoms with Crippen LogP contribution in [0, 0.1) is 24.0 Å². The van der Waals surface area contributed by atoms with Crippen LogP contribution >= 0.6 is 0 Å². The number of rotatable bonds is 1. The Hall–Kier alpha value is -1.65. The fourth-order valence-electron chi connectivity index (χ4n) is 1.00. The van der Waals surface area contributed by atoms with Gasteiger partial charge in [-0.15, -0.1) is 0 Å². The van der Waals surface area contributed by atoms with E-state index >= 15 is 0 Å². The van der Waals surface area contributed by atoms with E-state index in [1.807, 2.05) is 0 Å². The molecule has 0 bridgehead atoms. The molecule has 1 aromatic rings. The minimum absolute atomic E-state index is 0.00926. The molecule has 0 saturated carbocycles. The molecule has 0 aromatic carbocycles. The second-order valence-corrected chi connectivity index (χ2v) is 2.53. The van der Waals surface area contributed by atoms with Crippen LogP contribution in [0.25, 0.3) is 0 Å². The molecule has 0 aliphatic heterocycles. The van der Waals surface area contributed by atoms with Crippen LogP contribution in [-0.4, -0.2) is 9.91 Å². The van der Waals surface area contributed by atoms with Crippen molar-refractivity contribution in [1.82, 2.24) is 4.98 Å². The molecule has 0 aliphatic rings. The topological polar surface area (TPSA) is 82.0 Å². The molecule has 0 radical (unpaired) electrons. The number of anilines is 1. The van der Waals surface area contributed by atoms with Gasteiger partial charge in [0.25, 0.3) is 5.69 Å². The largest absolute Gasteiger partial charge is 0.397 e. The Kier molecular flexibility index (Phi) is 1.95. The average Bonchev–Trinajstić information content (AvgIpc) is 1.97. The number of hydrogen-bond donors (Lipinski definition) is 1. The van der Waals surface area contributed by atoms with Crippen molar-refractivity contribution in [3.8, 4) is 0 Å². The molecule has 0 atom stereocenters. The van der Waals surface area contributed by atoms with Gasteiger partial charge >= 0.3 is 0 Å². The Balaban J connectivity index is 3.43. The SMILES string of the molecule is Cc1ncc(N)c(C)c1[N+](=O)[O-]. The van der Waals surface area contributed by atoms with Gasteiger partial charge in [0.1, 0.15) is 5.69 Å². The van der Waals surface area contributed by atoms with E-state index in [0.29, 0.717) is 16.9 Å². The number of pyridine rings is 1. The molecule has 0 aliphatic carbocycles. The van der Waals surface area contributed by atoms with Gasteiger partial charge in [0.2, 0.25) is 0 Å². The molecule has 2 N–H and O–H groups in total. The van der Waals surface area contributed by atoms with Crippen LogP contribution in [0.5, 0.6) is 0 Å². The zero-order chi connectivity index (χ0) is 9.30. The highest BCUT2D eigenvalue weighted by Crippen LogP contribution is 2.24. The number of aryl methyl sites for hydroxylation is 1. The molecule has 12 heavy (non-hydrogen) atoms. The van der Waals surface area contributed by atoms with Crippen molar-refractivity contribution < 1.29 is 4.92 Å². The van der Waals surface area contributed by atoms with Gasteiger partial charge in [-0.05, 0) is 13.8 Å². The van der Waals surface area contributed by atoms with E-state index in [2.05, 4.69) is 4.98 Å². The molecule has 0 unspecified atom stereocenters. The first kappa shape index (κ1) is 8.45. The van der Waals surface area contributed by atoms with Gasteiger partial charge in [-0.1, -0.05) is 0 Å². The first-order valence-corrected chi connectivity index (χ1v) is 3.40. The summed E-state index contributed by atoms with van der Waals surface area (Å²) in [5.74, 6) is 0. The molecule has 5 nitrogen and oxygen atoms in total. The second-order valence-electron chi connectivity index (χ2n) is 2.53. The third-order valence-electron chi connectivity index (χ3n) is 1.71. The molecule has 1 heterocycles. The maximum absolute atomic E-state index is 10.5. The second kappa shape index (κ2) is 2.77. The van der Waals surface area contributed by atoms with Crippen molar-refractivity contribution in [2.45, 2.75) is 13.8 Å². The summed E-state index contributed by atoms with van der Waals surface area (Å²) in [6.07, 6.45) is 1.43. The van der Waals surface area contributed by atoms with Crippen LogP contribution < -0.4 is 5.73 Å². The summed E-state index contributed by atoms with van der Waals surface area (Å²) < 4.78 is 0. The number of nitro groups is 1. The molecular formula is C7H9N3O2. The lowest BCUT2D eigenvalue weighted by Crippen LogP contribution is -2.01. The van der Waals surface area contributed by atoms with Crippen LogP contribution in [0.1, 0.15) is 11.3 Å². The molecule has 64 valence electrons. The standard InChI is InChI=1S/C7H9N3O2/c1-4-6(8)3-9-5(2)7(4)10(11)12/h3H,8H2,1-2H3. The molecule has 0 spiro atoms. The zero-order valence-electron chi connectivity index (χ0n) is 6.87. The smallest absolute Gasteiger partial charge is 0.295 e. The zero-order valence-corrected chi connectivity index (χ0v) is 6.87. The van der Waals surface area contributed by atoms with Gasteiger partial charge in [0.05, 0.1) is 22.4 Å². The Morgan fingerprint density at radius 3 is 2.58 bits per heavy atom. The van der Waals surface area contributed by atoms with Gasteiger partial charge < -0.3 is 5.73 Å². The Morgan fingerprint density at radius 1 is 1.58 bits per heavy atom. The third kappa shape index (κ3) is 1.20. The lowest BCUT2D eigenvalue weighted by atomic mass is 10.2. The molecule has 0 amide bonds. The minimum Gasteiger partial charge on any atom is -0.397 e. The summed E-state index contributed by atoms with van der Waals surface area (Å²) in [6, 6.07) is 0. The maximum atomic E-state index is 10.5. The third-order valence-corrected chi connectivity index (χ3v) is 1.71. The predicted octanol–water partition coefficient (Wildman–Crippen LogP) is 1.19. The molecule has 1 rings (SSSR count). The van der Waals surface area contributed by atoms with E-state index in [1.165, 1.54) is 6.20 Å². The summed E-state index contributed by atoms with van der Waals surface area (Å²) >= 11 is 0. The number of nitrogens with zero attached hydrogens (tertiary/aromatic N) is 2. The highest BCUT2D eigenvalue weighted by atomic mass is 16.6. The molecule has 5 heteroatoms. The van der Waals surface area contributed by atoms with E-state index in [9.17, 15) is 10.1 Å². The first-order chi connectivity index (χ1) is 5.54. The Bertz CT molecular complexity index is 336. The van der Waals surface area contributed by atoms with Crippen molar-refractivity contribution >= 4 is 11.4 Å². The Morgan fingerprint density at radius 2 is 2.17 bits per heavy atom. The summed E-state index contributed by atoms with van der Waals surface area (Å²) in [7, 11) is 0. The fraction of sp³-hybridized carbons (Fsp3) is 0.286. The highest BCUT2D eigenvalue weighted by Gasteiger charge is 2.16. The summed E-state index contributed by atoms with van der Waals surface area (Å²) in [4.78, 5) is 13.8. The maximum Gasteiger partial charge on any atom is 0.295 e. The number of nitrogens with two attached hydrogens (primary N) is 1. The van der Waals surface area contributed by atoms with Crippen molar-refractivity contribution in [3.63, 3.8) is 0 Å². The number of aromatic nitrogens is 1. The first-order valence-electron chi connectivity index (χ1n) is 3.40. The average molecular weight is 167 g/mol. The quantitative estimate of drug-likeness (QED) is 0.503. The minimum atomic E-state index is -0.464. The number of hydrogen-bond acceptors (Lipinski definition) is 4. The summed E-state index contributed by atoms with van der Waals surface area (Å²) in [6.45, 7) is 3.20. The van der Waals surface area contributed by atoms with E-state index < -0.39 is 4.92 Å². The van der Waals surface area contributed by atoms with E-state index in [0.717, 1.165) is 0 Å². The van der Waals surface area contributed by atoms with Gasteiger partial charge in [-0.2, -0.15) is 0 Å². The molecule has 1 aromatic heterocycles. The van der Waals surface area contributed by atoms with Crippen LogP contribution in [0.4, 0.5) is 11.4 Å². The summed E-state index contributed by atoms with van der Waals surface area (Å²) in [5.41, 5.74) is 6.70. The molecule has 0 fully saturated rings. The van der Waals surface area contributed by atoms with Crippen molar-refractivity contribution in [2.75, 3.05) is 5.73 Å². The monoisotopic (exact) mass is 167 g/mol. The number of nitrogen functional groups attached to an aromatic ring is 1. The van der Waals surface area contributed by atoms with Crippen LogP contribution in [0.2, 0.25) is 0 Å². The van der Waals surface area contributed by atoms with Gasteiger partial charge in [0, 0.05) is 0 Å². The normalized spacial score (nSPS) is 9.83. The van der Waals surface area contributed by atoms with Crippen LogP contribution in [-0.2, 0) is 0 Å². The van der Waals surface area contributed by atoms with Crippen molar-refractivity contribution in [2.24, 2.45) is 0 Å². The van der Waals surface area contributed by atoms with Gasteiger partial charge in [-0.3, -0.25) is 15.1 Å². The van der Waals surface area contributed by atoms with Crippen LogP contribution in [0.3, 0.4) is 0 Å². The van der Waals surface area contributed by atoms with Crippen LogP contribution in [0.15, 0.2) is 6.20 Å². The lowest BCUT2D eigenvalue weighted by Gasteiger charge is -2.02. The molecule has 0 saturated heterocycles.